The minimum absolute atomic E-state index is 0.0257. The van der Waals surface area contributed by atoms with Crippen molar-refractivity contribution in [3.05, 3.63) is 33.3 Å². The molecule has 76 valence electrons. The fraction of sp³-hybridized carbons (Fsp3) is 0.375. The lowest BCUT2D eigenvalue weighted by Crippen LogP contribution is -2.31. The molecule has 0 bridgehead atoms. The molecule has 0 saturated heterocycles. The summed E-state index contributed by atoms with van der Waals surface area (Å²) in [6, 6.07) is 1.23. The Hall–Kier alpha value is -1.85. The van der Waals surface area contributed by atoms with Gasteiger partial charge in [-0.2, -0.15) is 4.73 Å². The maximum Gasteiger partial charge on any atom is 0.323 e. The van der Waals surface area contributed by atoms with Crippen LogP contribution in [0.4, 0.5) is 5.69 Å². The van der Waals surface area contributed by atoms with Crippen LogP contribution in [0, 0.1) is 15.3 Å². The Morgan fingerprint density at radius 3 is 2.71 bits per heavy atom. The number of rotatable bonds is 3. The molecule has 0 aliphatic rings. The fourth-order valence-corrected chi connectivity index (χ4v) is 1.11. The zero-order valence-electron chi connectivity index (χ0n) is 7.89. The third-order valence-electron chi connectivity index (χ3n) is 1.85. The summed E-state index contributed by atoms with van der Waals surface area (Å²) >= 11 is 0. The molecule has 0 amide bonds. The van der Waals surface area contributed by atoms with Gasteiger partial charge in [-0.25, -0.2) is 0 Å². The van der Waals surface area contributed by atoms with Crippen molar-refractivity contribution in [3.63, 3.8) is 0 Å². The molecule has 0 atom stereocenters. The maximum atomic E-state index is 11.2. The average molecular weight is 198 g/mol. The Morgan fingerprint density at radius 1 is 1.64 bits per heavy atom. The van der Waals surface area contributed by atoms with E-state index in [0.29, 0.717) is 16.8 Å². The number of ether oxygens (including phenoxy) is 1. The summed E-state index contributed by atoms with van der Waals surface area (Å²) in [4.78, 5) is 10.0. The molecule has 6 nitrogen and oxygen atoms in total. The van der Waals surface area contributed by atoms with Crippen molar-refractivity contribution >= 4 is 5.69 Å². The van der Waals surface area contributed by atoms with Crippen LogP contribution in [0.2, 0.25) is 0 Å². The number of aryl methyl sites for hydroxylation is 1. The number of aromatic nitrogens is 1. The van der Waals surface area contributed by atoms with Gasteiger partial charge in [0.05, 0.1) is 18.1 Å². The molecule has 6 heteroatoms. The lowest BCUT2D eigenvalue weighted by atomic mass is 10.2. The van der Waals surface area contributed by atoms with E-state index in [2.05, 4.69) is 0 Å². The van der Waals surface area contributed by atoms with Crippen LogP contribution in [0.3, 0.4) is 0 Å². The summed E-state index contributed by atoms with van der Waals surface area (Å²) in [7, 11) is 1.29. The summed E-state index contributed by atoms with van der Waals surface area (Å²) in [5.41, 5.74) is 0.161. The van der Waals surface area contributed by atoms with Gasteiger partial charge in [-0.05, 0) is 0 Å². The normalized spacial score (nSPS) is 9.86. The number of nitrogens with zero attached hydrogens (tertiary/aromatic N) is 2. The van der Waals surface area contributed by atoms with Crippen LogP contribution >= 0.6 is 0 Å². The Labute approximate surface area is 80.5 Å². The quantitative estimate of drug-likeness (QED) is 0.311. The third-order valence-corrected chi connectivity index (χ3v) is 1.85. The van der Waals surface area contributed by atoms with E-state index in [1.165, 1.54) is 13.2 Å². The molecular formula is C8H10N2O4. The molecule has 1 aromatic rings. The summed E-state index contributed by atoms with van der Waals surface area (Å²) in [6.07, 6.45) is 1.51. The first kappa shape index (κ1) is 10.2. The van der Waals surface area contributed by atoms with Crippen molar-refractivity contribution in [3.8, 4) is 5.75 Å². The van der Waals surface area contributed by atoms with Crippen LogP contribution in [0.1, 0.15) is 12.6 Å². The van der Waals surface area contributed by atoms with Crippen molar-refractivity contribution in [2.45, 2.75) is 13.3 Å². The second kappa shape index (κ2) is 3.91. The van der Waals surface area contributed by atoms with Gasteiger partial charge < -0.3 is 9.94 Å². The number of methoxy groups -OCH3 is 1. The second-order valence-corrected chi connectivity index (χ2v) is 2.65. The van der Waals surface area contributed by atoms with E-state index in [9.17, 15) is 15.3 Å². The van der Waals surface area contributed by atoms with Crippen LogP contribution < -0.4 is 9.47 Å². The Bertz CT molecular complexity index is 365. The highest BCUT2D eigenvalue weighted by Crippen LogP contribution is 2.24. The summed E-state index contributed by atoms with van der Waals surface area (Å²) < 4.78 is 5.30. The van der Waals surface area contributed by atoms with E-state index in [1.807, 2.05) is 0 Å². The molecule has 0 saturated carbocycles. The van der Waals surface area contributed by atoms with Gasteiger partial charge in [-0.15, -0.1) is 0 Å². The molecule has 1 heterocycles. The molecule has 0 N–H and O–H groups in total. The predicted octanol–water partition coefficient (Wildman–Crippen LogP) is 0.799. The predicted molar refractivity (Wildman–Crippen MR) is 48.0 cm³/mol. The molecule has 0 spiro atoms. The first-order valence-corrected chi connectivity index (χ1v) is 4.04. The van der Waals surface area contributed by atoms with Crippen LogP contribution in [0.5, 0.6) is 5.75 Å². The lowest BCUT2D eigenvalue weighted by Gasteiger charge is -2.05. The van der Waals surface area contributed by atoms with E-state index in [0.717, 1.165) is 6.20 Å². The molecule has 1 aromatic heterocycles. The molecule has 0 aromatic carbocycles. The standard InChI is InChI=1S/C8H10N2O4/c1-3-6-4-7(10(12)13)8(14-2)5-9(6)11/h4-5H,3H2,1-2H3. The third kappa shape index (κ3) is 1.73. The summed E-state index contributed by atoms with van der Waals surface area (Å²) in [5, 5.41) is 21.8. The molecule has 0 unspecified atom stereocenters. The molecule has 0 aliphatic heterocycles. The largest absolute Gasteiger partial charge is 0.618 e. The smallest absolute Gasteiger partial charge is 0.323 e. The van der Waals surface area contributed by atoms with Crippen molar-refractivity contribution < 1.29 is 14.4 Å². The summed E-state index contributed by atoms with van der Waals surface area (Å²) in [6.45, 7) is 1.75. The number of hydrogen-bond donors (Lipinski definition) is 0. The first-order valence-electron chi connectivity index (χ1n) is 4.04. The van der Waals surface area contributed by atoms with E-state index in [1.54, 1.807) is 6.92 Å². The zero-order chi connectivity index (χ0) is 10.7. The number of pyridine rings is 1. The lowest BCUT2D eigenvalue weighted by molar-refractivity contribution is -0.614. The number of nitro groups is 1. The highest BCUT2D eigenvalue weighted by Gasteiger charge is 2.21. The number of hydrogen-bond acceptors (Lipinski definition) is 4. The van der Waals surface area contributed by atoms with Crippen molar-refractivity contribution in [1.29, 1.82) is 0 Å². The molecular weight excluding hydrogens is 188 g/mol. The van der Waals surface area contributed by atoms with Crippen LogP contribution in [0.15, 0.2) is 12.3 Å². The van der Waals surface area contributed by atoms with E-state index in [4.69, 9.17) is 4.74 Å². The molecule has 0 radical (unpaired) electrons. The average Bonchev–Trinajstić information content (AvgIpc) is 2.16. The van der Waals surface area contributed by atoms with Gasteiger partial charge in [0, 0.05) is 6.42 Å². The van der Waals surface area contributed by atoms with Gasteiger partial charge >= 0.3 is 5.69 Å². The van der Waals surface area contributed by atoms with Gasteiger partial charge in [0.2, 0.25) is 6.20 Å². The fourth-order valence-electron chi connectivity index (χ4n) is 1.11. The van der Waals surface area contributed by atoms with E-state index in [-0.39, 0.29) is 11.4 Å². The van der Waals surface area contributed by atoms with Crippen molar-refractivity contribution in [1.82, 2.24) is 0 Å². The molecule has 14 heavy (non-hydrogen) atoms. The van der Waals surface area contributed by atoms with E-state index < -0.39 is 4.92 Å². The van der Waals surface area contributed by atoms with Gasteiger partial charge in [-0.3, -0.25) is 10.1 Å². The van der Waals surface area contributed by atoms with E-state index >= 15 is 0 Å². The Balaban J connectivity index is 3.32. The molecule has 0 fully saturated rings. The second-order valence-electron chi connectivity index (χ2n) is 2.65. The van der Waals surface area contributed by atoms with Crippen LogP contribution in [0.25, 0.3) is 0 Å². The van der Waals surface area contributed by atoms with Crippen LogP contribution in [-0.2, 0) is 6.42 Å². The maximum absolute atomic E-state index is 11.2. The van der Waals surface area contributed by atoms with Gasteiger partial charge in [-0.1, -0.05) is 6.92 Å². The van der Waals surface area contributed by atoms with Gasteiger partial charge in [0.1, 0.15) is 0 Å². The first-order chi connectivity index (χ1) is 6.60. The zero-order valence-corrected chi connectivity index (χ0v) is 7.89. The molecule has 0 aliphatic carbocycles. The Kier molecular flexibility index (Phi) is 2.85. The van der Waals surface area contributed by atoms with Gasteiger partial charge in [0.15, 0.2) is 5.69 Å². The topological polar surface area (TPSA) is 79.3 Å². The highest BCUT2D eigenvalue weighted by molar-refractivity contribution is 5.43. The monoisotopic (exact) mass is 198 g/mol. The Morgan fingerprint density at radius 2 is 2.29 bits per heavy atom. The SMILES string of the molecule is CCc1cc([N+](=O)[O-])c(OC)c[n+]1[O-]. The van der Waals surface area contributed by atoms with Crippen molar-refractivity contribution in [2.24, 2.45) is 0 Å². The van der Waals surface area contributed by atoms with Crippen molar-refractivity contribution in [2.75, 3.05) is 7.11 Å². The highest BCUT2D eigenvalue weighted by atomic mass is 16.6. The van der Waals surface area contributed by atoms with Gasteiger partial charge in [0.25, 0.3) is 5.75 Å². The van der Waals surface area contributed by atoms with Crippen LogP contribution in [-0.4, -0.2) is 12.0 Å². The minimum atomic E-state index is -0.571. The minimum Gasteiger partial charge on any atom is -0.618 e. The summed E-state index contributed by atoms with van der Waals surface area (Å²) in [5.74, 6) is -0.0257. The molecule has 1 rings (SSSR count).